The first-order valence-corrected chi connectivity index (χ1v) is 11.4. The number of carbonyl (C=O) groups excluding carboxylic acids is 3. The second-order valence-corrected chi connectivity index (χ2v) is 9.85. The summed E-state index contributed by atoms with van der Waals surface area (Å²) in [5.74, 6) is -1.92. The lowest BCUT2D eigenvalue weighted by atomic mass is 9.76. The van der Waals surface area contributed by atoms with Crippen LogP contribution in [-0.2, 0) is 26.3 Å². The van der Waals surface area contributed by atoms with Crippen molar-refractivity contribution in [2.45, 2.75) is 31.8 Å². The summed E-state index contributed by atoms with van der Waals surface area (Å²) in [6.45, 7) is 4.36. The molecule has 31 heavy (non-hydrogen) atoms. The Balaban J connectivity index is 1.55. The van der Waals surface area contributed by atoms with Crippen LogP contribution in [0.15, 0.2) is 53.0 Å². The van der Waals surface area contributed by atoms with Crippen LogP contribution < -0.4 is 10.6 Å². The lowest BCUT2D eigenvalue weighted by Gasteiger charge is -2.30. The molecular weight excluding hydrogens is 458 g/mol. The number of nitrogens with zero attached hydrogens (tertiary/aromatic N) is 1. The van der Waals surface area contributed by atoms with Gasteiger partial charge < -0.3 is 5.32 Å². The van der Waals surface area contributed by atoms with Crippen molar-refractivity contribution in [2.75, 3.05) is 11.9 Å². The molecule has 0 saturated carbocycles. The Morgan fingerprint density at radius 2 is 1.81 bits per heavy atom. The van der Waals surface area contributed by atoms with Gasteiger partial charge in [0.15, 0.2) is 0 Å². The molecule has 4 atom stereocenters. The molecule has 0 unspecified atom stereocenters. The number of amides is 3. The summed E-state index contributed by atoms with van der Waals surface area (Å²) in [7, 11) is 0. The predicted molar refractivity (Wildman–Crippen MR) is 120 cm³/mol. The molecule has 0 bridgehead atoms. The summed E-state index contributed by atoms with van der Waals surface area (Å²) in [5.41, 5.74) is 1.26. The van der Waals surface area contributed by atoms with Gasteiger partial charge in [-0.15, -0.1) is 0 Å². The third-order valence-electron chi connectivity index (χ3n) is 6.89. The van der Waals surface area contributed by atoms with Crippen LogP contribution in [0.1, 0.15) is 25.0 Å². The highest BCUT2D eigenvalue weighted by atomic mass is 79.9. The molecule has 2 fully saturated rings. The van der Waals surface area contributed by atoms with Crippen LogP contribution in [0.4, 0.5) is 5.69 Å². The molecule has 2 saturated heterocycles. The average molecular weight is 482 g/mol. The van der Waals surface area contributed by atoms with Gasteiger partial charge in [0.25, 0.3) is 0 Å². The van der Waals surface area contributed by atoms with E-state index in [1.165, 1.54) is 4.90 Å². The van der Waals surface area contributed by atoms with Gasteiger partial charge >= 0.3 is 0 Å². The second-order valence-electron chi connectivity index (χ2n) is 8.93. The molecule has 2 N–H and O–H groups in total. The number of anilines is 1. The van der Waals surface area contributed by atoms with Gasteiger partial charge in [-0.1, -0.05) is 60.1 Å². The quantitative estimate of drug-likeness (QED) is 0.657. The van der Waals surface area contributed by atoms with Crippen molar-refractivity contribution in [3.8, 4) is 0 Å². The minimum Gasteiger partial charge on any atom is -0.324 e. The van der Waals surface area contributed by atoms with Gasteiger partial charge in [-0.3, -0.25) is 24.6 Å². The Labute approximate surface area is 189 Å². The first-order chi connectivity index (χ1) is 14.8. The molecule has 6 nitrogen and oxygen atoms in total. The van der Waals surface area contributed by atoms with Gasteiger partial charge in [-0.05, 0) is 36.1 Å². The zero-order chi connectivity index (χ0) is 21.9. The van der Waals surface area contributed by atoms with Crippen molar-refractivity contribution in [1.29, 1.82) is 0 Å². The largest absolute Gasteiger partial charge is 0.324 e. The summed E-state index contributed by atoms with van der Waals surface area (Å²) in [6.07, 6.45) is 0.596. The Kier molecular flexibility index (Phi) is 4.79. The number of rotatable bonds is 4. The van der Waals surface area contributed by atoms with Crippen LogP contribution >= 0.6 is 15.9 Å². The zero-order valence-electron chi connectivity index (χ0n) is 17.4. The number of imide groups is 1. The van der Waals surface area contributed by atoms with Crippen LogP contribution in [0, 0.1) is 17.8 Å². The Morgan fingerprint density at radius 1 is 1.06 bits per heavy atom. The Bertz CT molecular complexity index is 1090. The lowest BCUT2D eigenvalue weighted by molar-refractivity contribution is -0.142. The molecule has 2 aromatic carbocycles. The number of hydrogen-bond donors (Lipinski definition) is 2. The monoisotopic (exact) mass is 481 g/mol. The van der Waals surface area contributed by atoms with Crippen molar-refractivity contribution in [3.05, 3.63) is 64.1 Å². The second kappa shape index (κ2) is 7.28. The fourth-order valence-corrected chi connectivity index (χ4v) is 5.81. The normalized spacial score (nSPS) is 29.1. The van der Waals surface area contributed by atoms with Crippen molar-refractivity contribution in [2.24, 2.45) is 17.8 Å². The van der Waals surface area contributed by atoms with Crippen LogP contribution in [-0.4, -0.2) is 35.2 Å². The number of carbonyl (C=O) groups is 3. The van der Waals surface area contributed by atoms with Crippen LogP contribution in [0.2, 0.25) is 0 Å². The molecule has 7 heteroatoms. The molecule has 3 heterocycles. The smallest absolute Gasteiger partial charge is 0.250 e. The number of fused-ring (bicyclic) bond motifs is 4. The van der Waals surface area contributed by atoms with Crippen molar-refractivity contribution in [1.82, 2.24) is 10.2 Å². The van der Waals surface area contributed by atoms with E-state index in [0.717, 1.165) is 15.6 Å². The molecule has 2 aromatic rings. The van der Waals surface area contributed by atoms with Crippen molar-refractivity contribution in [3.63, 3.8) is 0 Å². The molecule has 0 radical (unpaired) electrons. The van der Waals surface area contributed by atoms with E-state index in [1.54, 1.807) is 0 Å². The average Bonchev–Trinajstić information content (AvgIpc) is 3.33. The van der Waals surface area contributed by atoms with E-state index in [1.807, 2.05) is 62.4 Å². The minimum absolute atomic E-state index is 0.0849. The summed E-state index contributed by atoms with van der Waals surface area (Å²) in [4.78, 5) is 41.9. The zero-order valence-corrected chi connectivity index (χ0v) is 19.0. The molecule has 0 aromatic heterocycles. The highest BCUT2D eigenvalue weighted by Gasteiger charge is 2.70. The van der Waals surface area contributed by atoms with E-state index in [4.69, 9.17) is 0 Å². The van der Waals surface area contributed by atoms with Crippen LogP contribution in [0.5, 0.6) is 0 Å². The number of likely N-dealkylation sites (tertiary alicyclic amines) is 1. The molecule has 1 spiro atoms. The van der Waals surface area contributed by atoms with E-state index < -0.39 is 17.4 Å². The minimum atomic E-state index is -1.23. The fraction of sp³-hybridized carbons (Fsp3) is 0.375. The third-order valence-corrected chi connectivity index (χ3v) is 7.38. The number of halogens is 1. The summed E-state index contributed by atoms with van der Waals surface area (Å²) in [5, 5.41) is 6.39. The van der Waals surface area contributed by atoms with Gasteiger partial charge in [-0.2, -0.15) is 0 Å². The molecule has 5 rings (SSSR count). The van der Waals surface area contributed by atoms with Crippen LogP contribution in [0.25, 0.3) is 0 Å². The van der Waals surface area contributed by atoms with E-state index in [-0.39, 0.29) is 29.7 Å². The molecule has 3 aliphatic heterocycles. The standard InChI is InChI=1S/C24H24BrN3O3/c1-13(2)20-18-19(22(30)28(21(18)29)11-10-14-6-4-3-5-7-14)24(27-20)16-12-15(25)8-9-17(16)26-23(24)31/h3-9,12-13,18-20,27H,10-11H2,1-2H3,(H,26,31)/t18-,19-,20-,24-/m0/s1. The van der Waals surface area contributed by atoms with Gasteiger partial charge in [0.05, 0.1) is 11.8 Å². The topological polar surface area (TPSA) is 78.5 Å². The van der Waals surface area contributed by atoms with Crippen LogP contribution in [0.3, 0.4) is 0 Å². The summed E-state index contributed by atoms with van der Waals surface area (Å²) >= 11 is 3.49. The fourth-order valence-electron chi connectivity index (χ4n) is 5.44. The predicted octanol–water partition coefficient (Wildman–Crippen LogP) is 3.07. The van der Waals surface area contributed by atoms with Gasteiger partial charge in [0.2, 0.25) is 17.7 Å². The van der Waals surface area contributed by atoms with Gasteiger partial charge in [0.1, 0.15) is 5.54 Å². The Morgan fingerprint density at radius 3 is 2.52 bits per heavy atom. The highest BCUT2D eigenvalue weighted by Crippen LogP contribution is 2.54. The first kappa shape index (κ1) is 20.4. The van der Waals surface area contributed by atoms with E-state index in [0.29, 0.717) is 18.7 Å². The molecule has 3 amide bonds. The Hall–Kier alpha value is -2.51. The number of nitrogens with one attached hydrogen (secondary N) is 2. The third kappa shape index (κ3) is 2.90. The summed E-state index contributed by atoms with van der Waals surface area (Å²) in [6, 6.07) is 15.1. The maximum Gasteiger partial charge on any atom is 0.250 e. The summed E-state index contributed by atoms with van der Waals surface area (Å²) < 4.78 is 0.825. The molecule has 3 aliphatic rings. The van der Waals surface area contributed by atoms with E-state index >= 15 is 0 Å². The molecule has 160 valence electrons. The van der Waals surface area contributed by atoms with E-state index in [9.17, 15) is 14.4 Å². The van der Waals surface area contributed by atoms with Gasteiger partial charge in [0, 0.05) is 28.3 Å². The number of hydrogen-bond acceptors (Lipinski definition) is 4. The molecule has 0 aliphatic carbocycles. The van der Waals surface area contributed by atoms with Crippen molar-refractivity contribution >= 4 is 39.3 Å². The SMILES string of the molecule is CC(C)[C@@H]1N[C@]2(C(=O)Nc3ccc(Br)cc32)[C@@H]2C(=O)N(CCc3ccccc3)C(=O)[C@@H]21. The first-order valence-electron chi connectivity index (χ1n) is 10.6. The maximum atomic E-state index is 13.7. The molecular formula is C24H24BrN3O3. The highest BCUT2D eigenvalue weighted by molar-refractivity contribution is 9.10. The van der Waals surface area contributed by atoms with Gasteiger partial charge in [-0.25, -0.2) is 0 Å². The van der Waals surface area contributed by atoms with E-state index in [2.05, 4.69) is 26.6 Å². The lowest BCUT2D eigenvalue weighted by Crippen LogP contribution is -2.54. The maximum absolute atomic E-state index is 13.7. The number of benzene rings is 2. The van der Waals surface area contributed by atoms with Crippen molar-refractivity contribution < 1.29 is 14.4 Å².